The van der Waals surface area contributed by atoms with Gasteiger partial charge in [0.1, 0.15) is 7.14 Å². The molecule has 80 valence electrons. The van der Waals surface area contributed by atoms with Gasteiger partial charge in [0.05, 0.1) is 0 Å². The van der Waals surface area contributed by atoms with Crippen LogP contribution >= 0.6 is 7.14 Å². The van der Waals surface area contributed by atoms with Gasteiger partial charge in [-0.2, -0.15) is 0 Å². The standard InChI is InChI=1S/C13H17OP/c1-11(2)13-9-6-10-15(13,14)12-7-4-3-5-8-12/h3-5,7-8H,6,9-10H2,1-2H3. The van der Waals surface area contributed by atoms with Gasteiger partial charge in [-0.05, 0) is 32.0 Å². The molecule has 0 spiro atoms. The summed E-state index contributed by atoms with van der Waals surface area (Å²) in [7, 11) is -2.21. The Labute approximate surface area is 91.6 Å². The first-order chi connectivity index (χ1) is 7.14. The van der Waals surface area contributed by atoms with E-state index in [0.29, 0.717) is 0 Å². The smallest absolute Gasteiger partial charge is 0.139 e. The Morgan fingerprint density at radius 1 is 1.20 bits per heavy atom. The number of hydrogen-bond acceptors (Lipinski definition) is 1. The van der Waals surface area contributed by atoms with Gasteiger partial charge in [-0.25, -0.2) is 0 Å². The molecule has 0 amide bonds. The molecule has 0 radical (unpaired) electrons. The van der Waals surface area contributed by atoms with Gasteiger partial charge in [0.2, 0.25) is 0 Å². The Kier molecular flexibility index (Phi) is 2.84. The number of hydrogen-bond donors (Lipinski definition) is 0. The topological polar surface area (TPSA) is 17.1 Å². The van der Waals surface area contributed by atoms with E-state index in [9.17, 15) is 4.57 Å². The van der Waals surface area contributed by atoms with E-state index in [-0.39, 0.29) is 0 Å². The van der Waals surface area contributed by atoms with Crippen LogP contribution in [-0.2, 0) is 4.57 Å². The van der Waals surface area contributed by atoms with Crippen molar-refractivity contribution in [1.82, 2.24) is 0 Å². The molecule has 2 heteroatoms. The zero-order valence-corrected chi connectivity index (χ0v) is 10.3. The van der Waals surface area contributed by atoms with Crippen LogP contribution in [-0.4, -0.2) is 6.16 Å². The third-order valence-corrected chi connectivity index (χ3v) is 6.69. The zero-order valence-electron chi connectivity index (χ0n) is 9.36. The van der Waals surface area contributed by atoms with Crippen molar-refractivity contribution >= 4 is 12.4 Å². The number of benzene rings is 1. The lowest BCUT2D eigenvalue weighted by molar-refractivity contribution is 0.587. The van der Waals surface area contributed by atoms with Gasteiger partial charge in [0.25, 0.3) is 0 Å². The molecule has 1 aliphatic rings. The van der Waals surface area contributed by atoms with Crippen LogP contribution in [0.3, 0.4) is 0 Å². The van der Waals surface area contributed by atoms with Crippen molar-refractivity contribution in [3.05, 3.63) is 41.2 Å². The minimum Gasteiger partial charge on any atom is -0.314 e. The molecule has 0 bridgehead atoms. The monoisotopic (exact) mass is 220 g/mol. The van der Waals surface area contributed by atoms with E-state index in [1.807, 2.05) is 30.3 Å². The highest BCUT2D eigenvalue weighted by molar-refractivity contribution is 7.75. The Balaban J connectivity index is 2.52. The summed E-state index contributed by atoms with van der Waals surface area (Å²) in [5.41, 5.74) is 1.25. The van der Waals surface area contributed by atoms with Crippen molar-refractivity contribution in [3.8, 4) is 0 Å². The predicted molar refractivity (Wildman–Crippen MR) is 66.2 cm³/mol. The summed E-state index contributed by atoms with van der Waals surface area (Å²) in [4.78, 5) is 0. The highest BCUT2D eigenvalue weighted by Gasteiger charge is 2.34. The third-order valence-electron chi connectivity index (χ3n) is 3.07. The van der Waals surface area contributed by atoms with Crippen molar-refractivity contribution in [2.75, 3.05) is 6.16 Å². The molecule has 2 rings (SSSR count). The van der Waals surface area contributed by atoms with Crippen molar-refractivity contribution < 1.29 is 4.57 Å². The normalized spacial score (nSPS) is 25.6. The van der Waals surface area contributed by atoms with Crippen LogP contribution in [0.15, 0.2) is 41.2 Å². The maximum atomic E-state index is 12.9. The molecule has 1 nitrogen and oxygen atoms in total. The molecule has 1 unspecified atom stereocenters. The first-order valence-corrected chi connectivity index (χ1v) is 7.35. The zero-order chi connectivity index (χ0) is 10.9. The second kappa shape index (κ2) is 3.98. The first kappa shape index (κ1) is 10.7. The lowest BCUT2D eigenvalue weighted by Crippen LogP contribution is -2.04. The fraction of sp³-hybridized carbons (Fsp3) is 0.385. The molecule has 15 heavy (non-hydrogen) atoms. The molecule has 0 aliphatic carbocycles. The molecule has 1 aliphatic heterocycles. The second-order valence-electron chi connectivity index (χ2n) is 4.35. The van der Waals surface area contributed by atoms with E-state index in [4.69, 9.17) is 0 Å². The Morgan fingerprint density at radius 3 is 2.47 bits per heavy atom. The molecule has 0 N–H and O–H groups in total. The minimum atomic E-state index is -2.21. The van der Waals surface area contributed by atoms with E-state index in [0.717, 1.165) is 24.3 Å². The quantitative estimate of drug-likeness (QED) is 0.658. The van der Waals surface area contributed by atoms with Crippen molar-refractivity contribution in [3.63, 3.8) is 0 Å². The Hall–Kier alpha value is -0.810. The molecule has 1 aromatic carbocycles. The molecule has 1 saturated heterocycles. The average Bonchev–Trinajstić information content (AvgIpc) is 2.63. The molecular formula is C13H17OP. The average molecular weight is 220 g/mol. The molecule has 1 fully saturated rings. The van der Waals surface area contributed by atoms with Crippen LogP contribution in [0.25, 0.3) is 0 Å². The van der Waals surface area contributed by atoms with Gasteiger partial charge in [0, 0.05) is 11.5 Å². The SMILES string of the molecule is CC(C)=C1CCCP1(=O)c1ccccc1. The second-order valence-corrected chi connectivity index (χ2v) is 7.33. The van der Waals surface area contributed by atoms with Gasteiger partial charge in [0.15, 0.2) is 0 Å². The summed E-state index contributed by atoms with van der Waals surface area (Å²) in [5.74, 6) is 0. The fourth-order valence-electron chi connectivity index (χ4n) is 2.35. The van der Waals surface area contributed by atoms with Gasteiger partial charge in [-0.15, -0.1) is 0 Å². The maximum absolute atomic E-state index is 12.9. The highest BCUT2D eigenvalue weighted by atomic mass is 31.2. The molecule has 1 aromatic rings. The summed E-state index contributed by atoms with van der Waals surface area (Å²) < 4.78 is 12.9. The summed E-state index contributed by atoms with van der Waals surface area (Å²) >= 11 is 0. The molecule has 0 aromatic heterocycles. The van der Waals surface area contributed by atoms with Crippen LogP contribution < -0.4 is 5.30 Å². The van der Waals surface area contributed by atoms with Crippen LogP contribution in [0.2, 0.25) is 0 Å². The minimum absolute atomic E-state index is 0.859. The van der Waals surface area contributed by atoms with Crippen LogP contribution in [0.1, 0.15) is 26.7 Å². The maximum Gasteiger partial charge on any atom is 0.139 e. The fourth-order valence-corrected chi connectivity index (χ4v) is 5.69. The molecule has 1 heterocycles. The first-order valence-electron chi connectivity index (χ1n) is 5.46. The van der Waals surface area contributed by atoms with Crippen molar-refractivity contribution in [2.45, 2.75) is 26.7 Å². The lowest BCUT2D eigenvalue weighted by Gasteiger charge is -2.15. The Morgan fingerprint density at radius 2 is 1.87 bits per heavy atom. The van der Waals surface area contributed by atoms with E-state index in [1.165, 1.54) is 10.9 Å². The number of allylic oxidation sites excluding steroid dienone is 2. The van der Waals surface area contributed by atoms with E-state index in [2.05, 4.69) is 13.8 Å². The van der Waals surface area contributed by atoms with Gasteiger partial charge >= 0.3 is 0 Å². The summed E-state index contributed by atoms with van der Waals surface area (Å²) in [6, 6.07) is 9.96. The molecule has 1 atom stereocenters. The number of rotatable bonds is 1. The largest absolute Gasteiger partial charge is 0.314 e. The van der Waals surface area contributed by atoms with E-state index < -0.39 is 7.14 Å². The Bertz CT molecular complexity index is 427. The van der Waals surface area contributed by atoms with Gasteiger partial charge in [-0.3, -0.25) is 0 Å². The van der Waals surface area contributed by atoms with Gasteiger partial charge in [-0.1, -0.05) is 35.9 Å². The van der Waals surface area contributed by atoms with Crippen LogP contribution in [0.5, 0.6) is 0 Å². The van der Waals surface area contributed by atoms with E-state index >= 15 is 0 Å². The summed E-state index contributed by atoms with van der Waals surface area (Å²) in [6.07, 6.45) is 2.96. The van der Waals surface area contributed by atoms with Crippen molar-refractivity contribution in [2.24, 2.45) is 0 Å². The molecule has 0 saturated carbocycles. The predicted octanol–water partition coefficient (Wildman–Crippen LogP) is 3.76. The lowest BCUT2D eigenvalue weighted by atomic mass is 10.2. The van der Waals surface area contributed by atoms with Gasteiger partial charge < -0.3 is 4.57 Å². The third kappa shape index (κ3) is 1.81. The highest BCUT2D eigenvalue weighted by Crippen LogP contribution is 2.60. The van der Waals surface area contributed by atoms with Crippen molar-refractivity contribution in [1.29, 1.82) is 0 Å². The molecular weight excluding hydrogens is 203 g/mol. The summed E-state index contributed by atoms with van der Waals surface area (Å²) in [6.45, 7) is 4.16. The van der Waals surface area contributed by atoms with Crippen LogP contribution in [0, 0.1) is 0 Å². The summed E-state index contributed by atoms with van der Waals surface area (Å²) in [5, 5.41) is 2.26. The van der Waals surface area contributed by atoms with Crippen LogP contribution in [0.4, 0.5) is 0 Å². The van der Waals surface area contributed by atoms with E-state index in [1.54, 1.807) is 0 Å².